The molecule has 0 spiro atoms. The van der Waals surface area contributed by atoms with E-state index in [2.05, 4.69) is 0 Å². The van der Waals surface area contributed by atoms with Crippen LogP contribution < -0.4 is 4.74 Å². The lowest BCUT2D eigenvalue weighted by Gasteiger charge is -2.30. The van der Waals surface area contributed by atoms with Gasteiger partial charge in [0.2, 0.25) is 0 Å². The monoisotopic (exact) mass is 530 g/mol. The third kappa shape index (κ3) is 4.93. The summed E-state index contributed by atoms with van der Waals surface area (Å²) in [5.41, 5.74) is -0.00863. The molecule has 0 saturated heterocycles. The van der Waals surface area contributed by atoms with Crippen molar-refractivity contribution in [1.29, 1.82) is 0 Å². The zero-order chi connectivity index (χ0) is 28.8. The van der Waals surface area contributed by atoms with Gasteiger partial charge in [-0.05, 0) is 58.4 Å². The van der Waals surface area contributed by atoms with Crippen LogP contribution in [0.4, 0.5) is 0 Å². The van der Waals surface area contributed by atoms with Crippen LogP contribution in [0.2, 0.25) is 0 Å². The van der Waals surface area contributed by atoms with E-state index < -0.39 is 57.9 Å². The molecule has 1 aliphatic heterocycles. The lowest BCUT2D eigenvalue weighted by atomic mass is 9.89. The van der Waals surface area contributed by atoms with E-state index in [9.17, 15) is 35.1 Å². The Morgan fingerprint density at radius 1 is 0.897 bits per heavy atom. The van der Waals surface area contributed by atoms with Crippen molar-refractivity contribution in [2.45, 2.75) is 46.6 Å². The van der Waals surface area contributed by atoms with E-state index in [1.165, 1.54) is 13.0 Å². The highest BCUT2D eigenvalue weighted by molar-refractivity contribution is 6.12. The van der Waals surface area contributed by atoms with E-state index in [1.54, 1.807) is 32.1 Å². The number of carbonyl (C=O) groups excluding carboxylic acids is 2. The van der Waals surface area contributed by atoms with Gasteiger partial charge in [-0.25, -0.2) is 0 Å². The summed E-state index contributed by atoms with van der Waals surface area (Å²) in [7, 11) is 0. The van der Waals surface area contributed by atoms with Gasteiger partial charge in [-0.3, -0.25) is 9.59 Å². The zero-order valence-electron chi connectivity index (χ0n) is 22.3. The van der Waals surface area contributed by atoms with Crippen molar-refractivity contribution in [1.82, 2.24) is 0 Å². The van der Waals surface area contributed by atoms with E-state index in [4.69, 9.17) is 4.74 Å². The van der Waals surface area contributed by atoms with Gasteiger partial charge in [-0.15, -0.1) is 0 Å². The molecule has 202 valence electrons. The minimum absolute atomic E-state index is 0.0140. The van der Waals surface area contributed by atoms with Crippen LogP contribution in [0.15, 0.2) is 36.4 Å². The molecule has 5 N–H and O–H groups in total. The first-order chi connectivity index (χ1) is 18.2. The SMILES string of the molecule is CC(=O)c1c(O)c(C)c(O)c(Cc2c(O)c3c(c(C(=O)/C=C/c4cccc(C)c4)c2O)OC(C)(C)C=C3)c1O. The predicted molar refractivity (Wildman–Crippen MR) is 147 cm³/mol. The second-order valence-corrected chi connectivity index (χ2v) is 10.2. The average molecular weight is 531 g/mol. The van der Waals surface area contributed by atoms with E-state index >= 15 is 0 Å². The number of aryl methyl sites for hydroxylation is 1. The van der Waals surface area contributed by atoms with Crippen molar-refractivity contribution in [3.63, 3.8) is 0 Å². The van der Waals surface area contributed by atoms with Crippen LogP contribution in [-0.4, -0.2) is 42.7 Å². The molecule has 8 nitrogen and oxygen atoms in total. The Morgan fingerprint density at radius 3 is 2.18 bits per heavy atom. The number of ketones is 2. The molecule has 0 saturated carbocycles. The number of Topliss-reactive ketones (excluding diaryl/α,β-unsaturated/α-hetero) is 1. The van der Waals surface area contributed by atoms with Crippen LogP contribution in [-0.2, 0) is 6.42 Å². The highest BCUT2D eigenvalue weighted by atomic mass is 16.5. The highest BCUT2D eigenvalue weighted by Gasteiger charge is 2.34. The number of ether oxygens (including phenoxy) is 1. The Balaban J connectivity index is 1.93. The fourth-order valence-corrected chi connectivity index (χ4v) is 4.62. The number of allylic oxidation sites excluding steroid dienone is 1. The van der Waals surface area contributed by atoms with Crippen LogP contribution in [0.25, 0.3) is 12.2 Å². The van der Waals surface area contributed by atoms with E-state index in [1.807, 2.05) is 31.2 Å². The predicted octanol–water partition coefficient (Wildman–Crippen LogP) is 5.71. The molecule has 0 aliphatic carbocycles. The third-order valence-electron chi connectivity index (χ3n) is 6.73. The largest absolute Gasteiger partial charge is 0.507 e. The van der Waals surface area contributed by atoms with E-state index in [-0.39, 0.29) is 33.6 Å². The fourth-order valence-electron chi connectivity index (χ4n) is 4.62. The number of aromatic hydroxyl groups is 5. The van der Waals surface area contributed by atoms with Gasteiger partial charge in [-0.2, -0.15) is 0 Å². The molecular formula is C31H30O8. The third-order valence-corrected chi connectivity index (χ3v) is 6.73. The molecular weight excluding hydrogens is 500 g/mol. The summed E-state index contributed by atoms with van der Waals surface area (Å²) in [6.07, 6.45) is 5.66. The molecule has 4 rings (SSSR count). The lowest BCUT2D eigenvalue weighted by Crippen LogP contribution is -2.28. The number of fused-ring (bicyclic) bond motifs is 1. The minimum Gasteiger partial charge on any atom is -0.507 e. The molecule has 39 heavy (non-hydrogen) atoms. The molecule has 0 bridgehead atoms. The molecule has 0 unspecified atom stereocenters. The first-order valence-electron chi connectivity index (χ1n) is 12.3. The van der Waals surface area contributed by atoms with Gasteiger partial charge in [0.05, 0.1) is 5.56 Å². The van der Waals surface area contributed by atoms with Gasteiger partial charge >= 0.3 is 0 Å². The molecule has 1 aliphatic rings. The second-order valence-electron chi connectivity index (χ2n) is 10.2. The molecule has 0 fully saturated rings. The quantitative estimate of drug-likeness (QED) is 0.201. The number of benzene rings is 3. The number of rotatable bonds is 6. The van der Waals surface area contributed by atoms with Crippen molar-refractivity contribution < 1.29 is 39.9 Å². The van der Waals surface area contributed by atoms with Gasteiger partial charge in [-0.1, -0.05) is 35.9 Å². The summed E-state index contributed by atoms with van der Waals surface area (Å²) < 4.78 is 6.00. The molecule has 1 heterocycles. The summed E-state index contributed by atoms with van der Waals surface area (Å²) in [6.45, 7) is 7.93. The highest BCUT2D eigenvalue weighted by Crippen LogP contribution is 2.50. The van der Waals surface area contributed by atoms with E-state index in [0.29, 0.717) is 0 Å². The summed E-state index contributed by atoms with van der Waals surface area (Å²) in [4.78, 5) is 25.6. The standard InChI is InChI=1S/C31H30O8/c1-15-7-6-8-18(13-15)9-10-22(33)24-29(38)21(27(36)19-11-12-31(4,5)39-30(19)24)14-20-25(34)16(2)26(35)23(17(3)32)28(20)37/h6-13,34-38H,14H2,1-5H3/b10-9+. The Hall–Kier alpha value is -4.72. The zero-order valence-corrected chi connectivity index (χ0v) is 22.3. The molecule has 3 aromatic rings. The molecule has 0 atom stereocenters. The maximum Gasteiger partial charge on any atom is 0.193 e. The van der Waals surface area contributed by atoms with Gasteiger partial charge in [0.25, 0.3) is 0 Å². The second kappa shape index (κ2) is 9.87. The van der Waals surface area contributed by atoms with Gasteiger partial charge in [0, 0.05) is 23.1 Å². The van der Waals surface area contributed by atoms with Crippen molar-refractivity contribution in [2.24, 2.45) is 0 Å². The maximum atomic E-state index is 13.5. The Kier molecular flexibility index (Phi) is 6.91. The van der Waals surface area contributed by atoms with Gasteiger partial charge < -0.3 is 30.3 Å². The van der Waals surface area contributed by atoms with Crippen LogP contribution in [0.3, 0.4) is 0 Å². The number of phenols is 5. The van der Waals surface area contributed by atoms with E-state index in [0.717, 1.165) is 18.1 Å². The van der Waals surface area contributed by atoms with Crippen molar-refractivity contribution in [2.75, 3.05) is 0 Å². The summed E-state index contributed by atoms with van der Waals surface area (Å²) in [5.74, 6) is -4.09. The van der Waals surface area contributed by atoms with Crippen LogP contribution in [0, 0.1) is 13.8 Å². The first-order valence-corrected chi connectivity index (χ1v) is 12.3. The maximum absolute atomic E-state index is 13.5. The smallest absolute Gasteiger partial charge is 0.193 e. The van der Waals surface area contributed by atoms with Crippen LogP contribution in [0.1, 0.15) is 74.9 Å². The number of phenolic OH excluding ortho intramolecular Hbond substituents is 5. The van der Waals surface area contributed by atoms with Crippen molar-refractivity contribution in [3.05, 3.63) is 80.9 Å². The number of carbonyl (C=O) groups is 2. The van der Waals surface area contributed by atoms with Gasteiger partial charge in [0.15, 0.2) is 11.6 Å². The molecule has 8 heteroatoms. The summed E-state index contributed by atoms with van der Waals surface area (Å²) in [5, 5.41) is 54.3. The fraction of sp³-hybridized carbons (Fsp3) is 0.226. The van der Waals surface area contributed by atoms with Crippen LogP contribution >= 0.6 is 0 Å². The topological polar surface area (TPSA) is 145 Å². The molecule has 0 amide bonds. The first kappa shape index (κ1) is 27.3. The Morgan fingerprint density at radius 2 is 1.54 bits per heavy atom. The number of hydrogen-bond donors (Lipinski definition) is 5. The lowest BCUT2D eigenvalue weighted by molar-refractivity contribution is 0.100. The minimum atomic E-state index is -0.844. The summed E-state index contributed by atoms with van der Waals surface area (Å²) >= 11 is 0. The molecule has 0 aromatic heterocycles. The average Bonchev–Trinajstić information content (AvgIpc) is 2.85. The van der Waals surface area contributed by atoms with Gasteiger partial charge in [0.1, 0.15) is 51.2 Å². The summed E-state index contributed by atoms with van der Waals surface area (Å²) in [6, 6.07) is 7.47. The Labute approximate surface area is 225 Å². The van der Waals surface area contributed by atoms with Crippen molar-refractivity contribution >= 4 is 23.7 Å². The Bertz CT molecular complexity index is 1590. The normalized spacial score (nSPS) is 13.8. The molecule has 0 radical (unpaired) electrons. The van der Waals surface area contributed by atoms with Crippen LogP contribution in [0.5, 0.6) is 34.5 Å². The molecule has 3 aromatic carbocycles. The van der Waals surface area contributed by atoms with Crippen molar-refractivity contribution in [3.8, 4) is 34.5 Å². The number of hydrogen-bond acceptors (Lipinski definition) is 8.